The molecule has 0 aliphatic carbocycles. The monoisotopic (exact) mass is 411 g/mol. The van der Waals surface area contributed by atoms with Gasteiger partial charge in [0.15, 0.2) is 11.6 Å². The van der Waals surface area contributed by atoms with E-state index in [-0.39, 0.29) is 18.1 Å². The lowest BCUT2D eigenvalue weighted by molar-refractivity contribution is 0.0696. The number of aromatic carboxylic acids is 1. The molecular formula is C17H17N9O4. The number of furan rings is 1. The molecule has 2 amide bonds. The number of carboxylic acids is 1. The fraction of sp³-hybridized carbons (Fsp3) is 0.235. The predicted molar refractivity (Wildman–Crippen MR) is 102 cm³/mol. The lowest BCUT2D eigenvalue weighted by atomic mass is 10.2. The standard InChI is InChI=1S/C17H17N9O4/c1-22-17(29)24(5-4-23-8-10(7-20-23)15(27)28)16-21-14-13(26(16)22)12(19-9-25(14)18)11-3-2-6-30-11/h2-3,6-9,16H,4-5,18H2,1H3,(H,27,28). The van der Waals surface area contributed by atoms with Gasteiger partial charge in [-0.15, -0.1) is 0 Å². The van der Waals surface area contributed by atoms with Crippen molar-refractivity contribution in [3.8, 4) is 0 Å². The number of hydrazine groups is 2. The summed E-state index contributed by atoms with van der Waals surface area (Å²) >= 11 is 0. The Morgan fingerprint density at radius 1 is 1.37 bits per heavy atom. The maximum atomic E-state index is 12.9. The number of rotatable bonds is 5. The quantitative estimate of drug-likeness (QED) is 0.655. The summed E-state index contributed by atoms with van der Waals surface area (Å²) in [6.45, 7) is 0.561. The third-order valence-corrected chi connectivity index (χ3v) is 5.01. The molecule has 2 aromatic heterocycles. The summed E-state index contributed by atoms with van der Waals surface area (Å²) in [6, 6.07) is 3.25. The predicted octanol–water partition coefficient (Wildman–Crippen LogP) is 0.0408. The second-order valence-corrected chi connectivity index (χ2v) is 6.77. The molecule has 5 heterocycles. The number of aromatic nitrogens is 2. The number of hydrogen-bond acceptors (Lipinski definition) is 9. The molecule has 3 aliphatic heterocycles. The summed E-state index contributed by atoms with van der Waals surface area (Å²) in [5.74, 6) is 5.96. The minimum Gasteiger partial charge on any atom is -0.478 e. The molecule has 1 fully saturated rings. The minimum absolute atomic E-state index is 0.0813. The highest BCUT2D eigenvalue weighted by atomic mass is 16.4. The van der Waals surface area contributed by atoms with Gasteiger partial charge in [-0.1, -0.05) is 0 Å². The fourth-order valence-corrected chi connectivity index (χ4v) is 3.58. The second-order valence-electron chi connectivity index (χ2n) is 6.77. The smallest absolute Gasteiger partial charge is 0.341 e. The van der Waals surface area contributed by atoms with Crippen LogP contribution in [0.3, 0.4) is 0 Å². The first kappa shape index (κ1) is 17.9. The summed E-state index contributed by atoms with van der Waals surface area (Å²) in [5, 5.41) is 17.5. The lowest BCUT2D eigenvalue weighted by Gasteiger charge is -2.28. The van der Waals surface area contributed by atoms with E-state index in [1.807, 2.05) is 0 Å². The Hall–Kier alpha value is -4.13. The van der Waals surface area contributed by atoms with E-state index in [0.717, 1.165) is 0 Å². The van der Waals surface area contributed by atoms with Gasteiger partial charge in [-0.2, -0.15) is 5.10 Å². The van der Waals surface area contributed by atoms with E-state index in [9.17, 15) is 9.59 Å². The molecule has 30 heavy (non-hydrogen) atoms. The molecule has 1 unspecified atom stereocenters. The van der Waals surface area contributed by atoms with E-state index in [0.29, 0.717) is 29.5 Å². The number of fused-ring (bicyclic) bond motifs is 3. The molecule has 3 aliphatic rings. The third kappa shape index (κ3) is 2.56. The van der Waals surface area contributed by atoms with E-state index < -0.39 is 12.3 Å². The first-order chi connectivity index (χ1) is 14.5. The highest BCUT2D eigenvalue weighted by molar-refractivity contribution is 6.12. The van der Waals surface area contributed by atoms with Crippen LogP contribution in [0.5, 0.6) is 0 Å². The number of hydrogen-bond donors (Lipinski definition) is 2. The third-order valence-electron chi connectivity index (χ3n) is 5.01. The highest BCUT2D eigenvalue weighted by Gasteiger charge is 2.51. The van der Waals surface area contributed by atoms with Crippen molar-refractivity contribution < 1.29 is 19.1 Å². The molecule has 1 saturated heterocycles. The minimum atomic E-state index is -1.06. The average molecular weight is 411 g/mol. The molecule has 0 radical (unpaired) electrons. The summed E-state index contributed by atoms with van der Waals surface area (Å²) in [6.07, 6.45) is 5.00. The molecule has 0 aromatic carbocycles. The van der Waals surface area contributed by atoms with Crippen molar-refractivity contribution in [3.05, 3.63) is 47.8 Å². The van der Waals surface area contributed by atoms with Crippen LogP contribution in [0.2, 0.25) is 0 Å². The number of aliphatic imine (C=N–C) groups is 2. The van der Waals surface area contributed by atoms with Crippen LogP contribution in [0.4, 0.5) is 4.79 Å². The van der Waals surface area contributed by atoms with Crippen LogP contribution < -0.4 is 5.84 Å². The molecule has 0 bridgehead atoms. The van der Waals surface area contributed by atoms with Crippen LogP contribution in [0, 0.1) is 0 Å². The van der Waals surface area contributed by atoms with Crippen LogP contribution in [0.15, 0.2) is 50.9 Å². The van der Waals surface area contributed by atoms with Gasteiger partial charge in [-0.25, -0.2) is 40.4 Å². The van der Waals surface area contributed by atoms with Crippen LogP contribution in [-0.2, 0) is 6.54 Å². The Bertz CT molecular complexity index is 1120. The number of carbonyl (C=O) groups excluding carboxylic acids is 1. The first-order valence-corrected chi connectivity index (χ1v) is 8.99. The maximum Gasteiger partial charge on any atom is 0.341 e. The van der Waals surface area contributed by atoms with Gasteiger partial charge in [0, 0.05) is 19.8 Å². The zero-order chi connectivity index (χ0) is 21.0. The summed E-state index contributed by atoms with van der Waals surface area (Å²) in [4.78, 5) is 34.5. The summed E-state index contributed by atoms with van der Waals surface area (Å²) in [7, 11) is 1.64. The van der Waals surface area contributed by atoms with Crippen molar-refractivity contribution in [2.24, 2.45) is 15.8 Å². The number of carbonyl (C=O) groups is 2. The molecule has 154 valence electrons. The summed E-state index contributed by atoms with van der Waals surface area (Å²) < 4.78 is 6.96. The van der Waals surface area contributed by atoms with E-state index in [2.05, 4.69) is 15.1 Å². The van der Waals surface area contributed by atoms with Gasteiger partial charge in [0.2, 0.25) is 6.29 Å². The Balaban J connectivity index is 1.46. The Labute approximate surface area is 169 Å². The molecular weight excluding hydrogens is 394 g/mol. The zero-order valence-corrected chi connectivity index (χ0v) is 15.8. The molecule has 13 nitrogen and oxygen atoms in total. The van der Waals surface area contributed by atoms with Crippen molar-refractivity contribution in [3.63, 3.8) is 0 Å². The average Bonchev–Trinajstić information content (AvgIpc) is 3.49. The van der Waals surface area contributed by atoms with E-state index >= 15 is 0 Å². The molecule has 13 heteroatoms. The van der Waals surface area contributed by atoms with Crippen molar-refractivity contribution in [1.29, 1.82) is 0 Å². The van der Waals surface area contributed by atoms with Crippen LogP contribution in [0.25, 0.3) is 5.70 Å². The normalized spacial score (nSPS) is 20.3. The van der Waals surface area contributed by atoms with E-state index in [1.165, 1.54) is 39.7 Å². The first-order valence-electron chi connectivity index (χ1n) is 8.99. The Morgan fingerprint density at radius 2 is 2.20 bits per heavy atom. The molecule has 0 saturated carbocycles. The number of nitrogens with zero attached hydrogens (tertiary/aromatic N) is 8. The van der Waals surface area contributed by atoms with Gasteiger partial charge < -0.3 is 9.52 Å². The lowest BCUT2D eigenvalue weighted by Crippen LogP contribution is -2.44. The van der Waals surface area contributed by atoms with Crippen molar-refractivity contribution in [2.45, 2.75) is 12.8 Å². The molecule has 3 N–H and O–H groups in total. The zero-order valence-electron chi connectivity index (χ0n) is 15.8. The number of amidine groups is 1. The maximum absolute atomic E-state index is 12.9. The largest absolute Gasteiger partial charge is 0.478 e. The second kappa shape index (κ2) is 6.45. The number of amides is 2. The Morgan fingerprint density at radius 3 is 2.90 bits per heavy atom. The Kier molecular flexibility index (Phi) is 3.86. The van der Waals surface area contributed by atoms with E-state index in [4.69, 9.17) is 15.4 Å². The van der Waals surface area contributed by atoms with Crippen LogP contribution in [0.1, 0.15) is 16.1 Å². The summed E-state index contributed by atoms with van der Waals surface area (Å²) in [5.41, 5.74) is 1.16. The van der Waals surface area contributed by atoms with Crippen molar-refractivity contribution in [1.82, 2.24) is 29.7 Å². The van der Waals surface area contributed by atoms with Gasteiger partial charge in [0.25, 0.3) is 0 Å². The van der Waals surface area contributed by atoms with E-state index in [1.54, 1.807) is 29.1 Å². The van der Waals surface area contributed by atoms with Crippen molar-refractivity contribution >= 4 is 29.9 Å². The number of carboxylic acid groups (broad SMARTS) is 1. The molecule has 5 rings (SSSR count). The topological polar surface area (TPSA) is 149 Å². The highest BCUT2D eigenvalue weighted by Crippen LogP contribution is 2.38. The van der Waals surface area contributed by atoms with Gasteiger partial charge in [0.05, 0.1) is 24.6 Å². The SMILES string of the molecule is CN1C(=O)N(CCn2cc(C(=O)O)cn2)C2N=C3C(=C(c4ccco4)N=CN3N)N21. The number of nitrogens with two attached hydrogens (primary N) is 1. The molecule has 0 spiro atoms. The fourth-order valence-electron chi connectivity index (χ4n) is 3.58. The van der Waals surface area contributed by atoms with Gasteiger partial charge in [-0.05, 0) is 12.1 Å². The van der Waals surface area contributed by atoms with Gasteiger partial charge in [0.1, 0.15) is 17.7 Å². The van der Waals surface area contributed by atoms with Gasteiger partial charge >= 0.3 is 12.0 Å². The van der Waals surface area contributed by atoms with Gasteiger partial charge in [-0.3, -0.25) is 9.58 Å². The van der Waals surface area contributed by atoms with Crippen molar-refractivity contribution in [2.75, 3.05) is 13.6 Å². The molecule has 1 atom stereocenters. The van der Waals surface area contributed by atoms with Crippen LogP contribution in [-0.4, -0.2) is 78.9 Å². The number of urea groups is 1. The molecule has 2 aromatic rings. The van der Waals surface area contributed by atoms with Crippen LogP contribution >= 0.6 is 0 Å².